The Bertz CT molecular complexity index is 2530. The second-order valence-corrected chi connectivity index (χ2v) is 19.4. The van der Waals surface area contributed by atoms with Crippen LogP contribution < -0.4 is 10.2 Å². The third kappa shape index (κ3) is 13.0. The molecule has 0 radical (unpaired) electrons. The number of nitrogens with zero attached hydrogens (tertiary/aromatic N) is 10. The monoisotopic (exact) mass is 970 g/mol. The van der Waals surface area contributed by atoms with Gasteiger partial charge in [-0.3, -0.25) is 19.3 Å². The molecule has 2 saturated carbocycles. The van der Waals surface area contributed by atoms with Crippen molar-refractivity contribution in [2.24, 2.45) is 7.05 Å². The molecule has 17 heteroatoms. The van der Waals surface area contributed by atoms with Crippen LogP contribution in [0.25, 0.3) is 16.7 Å². The van der Waals surface area contributed by atoms with Gasteiger partial charge in [-0.1, -0.05) is 96.0 Å². The van der Waals surface area contributed by atoms with Crippen molar-refractivity contribution in [3.63, 3.8) is 0 Å². The van der Waals surface area contributed by atoms with Gasteiger partial charge in [0.25, 0.3) is 11.8 Å². The number of nitrogens with one attached hydrogen (secondary N) is 1. The molecule has 3 aliphatic heterocycles. The maximum absolute atomic E-state index is 13.6. The first-order valence-electron chi connectivity index (χ1n) is 26.0. The van der Waals surface area contributed by atoms with Crippen LogP contribution in [-0.4, -0.2) is 120 Å². The number of carbonyl (C=O) groups is 3. The molecule has 70 heavy (non-hydrogen) atoms. The number of likely N-dealkylation sites (tertiary alicyclic amines) is 1. The molecule has 3 saturated heterocycles. The molecule has 7 heterocycles. The van der Waals surface area contributed by atoms with Gasteiger partial charge < -0.3 is 20.0 Å². The van der Waals surface area contributed by atoms with Gasteiger partial charge in [0, 0.05) is 70.9 Å². The van der Waals surface area contributed by atoms with Gasteiger partial charge in [0.2, 0.25) is 5.91 Å². The molecule has 0 bridgehead atoms. The number of imidazole rings is 1. The molecule has 5 fully saturated rings. The molecule has 14 nitrogen and oxygen atoms in total. The summed E-state index contributed by atoms with van der Waals surface area (Å²) in [6.07, 6.45) is 11.8. The van der Waals surface area contributed by atoms with E-state index in [-0.39, 0.29) is 47.7 Å². The zero-order valence-corrected chi connectivity index (χ0v) is 42.2. The summed E-state index contributed by atoms with van der Waals surface area (Å²) in [5, 5.41) is 12.9. The SMILES string of the molecule is CC.CCC.Cc1cccc(CN2CCC(NC(=O)c3nn(C)c4nc(N5CCCCCC5)ccc34)CC2)c1.O=C(c1cn2nc(C3CC3)cc(C(F)(F)F)c2n1)N1CCN(C2CCCCC2)C(=O)C1. The number of fused-ring (bicyclic) bond motifs is 2. The quantitative estimate of drug-likeness (QED) is 0.161. The lowest BCUT2D eigenvalue weighted by Crippen LogP contribution is -2.55. The predicted molar refractivity (Wildman–Crippen MR) is 268 cm³/mol. The average molecular weight is 970 g/mol. The Kier molecular flexibility index (Phi) is 17.9. The highest BCUT2D eigenvalue weighted by Crippen LogP contribution is 2.42. The van der Waals surface area contributed by atoms with Crippen LogP contribution in [-0.2, 0) is 24.6 Å². The number of rotatable bonds is 8. The minimum absolute atomic E-state index is 0.0255. The van der Waals surface area contributed by atoms with Crippen LogP contribution in [0.5, 0.6) is 0 Å². The summed E-state index contributed by atoms with van der Waals surface area (Å²) in [6, 6.07) is 14.2. The van der Waals surface area contributed by atoms with Gasteiger partial charge >= 0.3 is 6.18 Å². The van der Waals surface area contributed by atoms with E-state index >= 15 is 0 Å². The summed E-state index contributed by atoms with van der Waals surface area (Å²) >= 11 is 0. The Morgan fingerprint density at radius 1 is 0.786 bits per heavy atom. The lowest BCUT2D eigenvalue weighted by molar-refractivity contribution is -0.138. The van der Waals surface area contributed by atoms with Crippen molar-refractivity contribution >= 4 is 40.2 Å². The number of aromatic nitrogens is 6. The molecule has 1 aromatic carbocycles. The molecule has 5 aromatic rings. The molecule has 380 valence electrons. The van der Waals surface area contributed by atoms with Crippen LogP contribution >= 0.6 is 0 Å². The highest BCUT2D eigenvalue weighted by Gasteiger charge is 2.39. The fourth-order valence-corrected chi connectivity index (χ4v) is 10.0. The van der Waals surface area contributed by atoms with Crippen molar-refractivity contribution in [1.29, 1.82) is 0 Å². The number of anilines is 1. The minimum Gasteiger partial charge on any atom is -0.357 e. The molecular weight excluding hydrogens is 896 g/mol. The van der Waals surface area contributed by atoms with Gasteiger partial charge in [-0.2, -0.15) is 23.4 Å². The molecule has 3 amide bonds. The largest absolute Gasteiger partial charge is 0.420 e. The van der Waals surface area contributed by atoms with E-state index in [2.05, 4.69) is 81.4 Å². The number of piperidine rings is 1. The van der Waals surface area contributed by atoms with Crippen molar-refractivity contribution in [2.45, 2.75) is 155 Å². The van der Waals surface area contributed by atoms with E-state index in [0.29, 0.717) is 24.5 Å². The number of amides is 3. The van der Waals surface area contributed by atoms with Gasteiger partial charge in [-0.25, -0.2) is 19.2 Å². The first kappa shape index (κ1) is 52.2. The van der Waals surface area contributed by atoms with Crippen molar-refractivity contribution in [2.75, 3.05) is 50.7 Å². The van der Waals surface area contributed by atoms with E-state index in [1.807, 2.05) is 31.9 Å². The van der Waals surface area contributed by atoms with E-state index in [1.165, 1.54) is 60.7 Å². The minimum atomic E-state index is -4.60. The molecule has 2 aliphatic carbocycles. The Morgan fingerprint density at radius 3 is 2.11 bits per heavy atom. The number of benzene rings is 1. The number of hydrogen-bond acceptors (Lipinski definition) is 9. The summed E-state index contributed by atoms with van der Waals surface area (Å²) in [5.74, 6) is 0.276. The van der Waals surface area contributed by atoms with Crippen LogP contribution in [0.15, 0.2) is 48.7 Å². The fraction of sp³-hybridized carbons (Fsp3) is 0.604. The van der Waals surface area contributed by atoms with Crippen molar-refractivity contribution < 1.29 is 27.6 Å². The number of hydrogen-bond donors (Lipinski definition) is 1. The van der Waals surface area contributed by atoms with Gasteiger partial charge in [-0.15, -0.1) is 0 Å². The predicted octanol–water partition coefficient (Wildman–Crippen LogP) is 9.74. The van der Waals surface area contributed by atoms with Crippen LogP contribution in [0.1, 0.15) is 167 Å². The van der Waals surface area contributed by atoms with Gasteiger partial charge in [-0.05, 0) is 82.1 Å². The number of piperazine rings is 1. The Morgan fingerprint density at radius 2 is 1.47 bits per heavy atom. The normalized spacial score (nSPS) is 18.6. The van der Waals surface area contributed by atoms with E-state index in [1.54, 1.807) is 4.68 Å². The zero-order chi connectivity index (χ0) is 50.0. The summed E-state index contributed by atoms with van der Waals surface area (Å²) in [6.45, 7) is 16.2. The molecule has 5 aliphatic rings. The molecule has 1 N–H and O–H groups in total. The topological polar surface area (TPSA) is 137 Å². The molecular formula is C53H74F3N11O3. The van der Waals surface area contributed by atoms with Gasteiger partial charge in [0.05, 0.1) is 17.3 Å². The van der Waals surface area contributed by atoms with Crippen LogP contribution in [0.2, 0.25) is 0 Å². The molecule has 0 atom stereocenters. The zero-order valence-electron chi connectivity index (χ0n) is 42.2. The summed E-state index contributed by atoms with van der Waals surface area (Å²) < 4.78 is 43.6. The molecule has 4 aromatic heterocycles. The van der Waals surface area contributed by atoms with E-state index in [4.69, 9.17) is 4.98 Å². The standard InChI is InChI=1S/C27H36N6O.C21H24F3N5O2.C3H8.C2H6/c1-20-8-7-9-21(18-20)19-32-16-12-22(13-17-32)28-27(34)25-23-10-11-24(29-26(23)31(2)30-25)33-14-5-3-4-6-15-33;22-21(23,24)15-10-16(13-6-7-13)26-29-11-17(25-19(15)29)20(31)27-8-9-28(18(30)12-27)14-4-2-1-3-5-14;1-3-2;1-2/h7-11,18,22H,3-6,12-17,19H2,1-2H3,(H,28,34);10-11,13-14H,1-9,12H2;3H2,1-2H3;1-2H3. The van der Waals surface area contributed by atoms with E-state index in [9.17, 15) is 27.6 Å². The smallest absolute Gasteiger partial charge is 0.357 e. The number of alkyl halides is 3. The molecule has 0 spiro atoms. The lowest BCUT2D eigenvalue weighted by Gasteiger charge is -2.40. The fourth-order valence-electron chi connectivity index (χ4n) is 10.0. The number of carbonyl (C=O) groups excluding carboxylic acids is 3. The summed E-state index contributed by atoms with van der Waals surface area (Å²) in [7, 11) is 1.88. The third-order valence-electron chi connectivity index (χ3n) is 13.8. The van der Waals surface area contributed by atoms with E-state index < -0.39 is 17.6 Å². The highest BCUT2D eigenvalue weighted by atomic mass is 19.4. The van der Waals surface area contributed by atoms with Crippen LogP contribution in [0, 0.1) is 6.92 Å². The van der Waals surface area contributed by atoms with Crippen LogP contribution in [0.3, 0.4) is 0 Å². The second kappa shape index (κ2) is 24.0. The summed E-state index contributed by atoms with van der Waals surface area (Å²) in [5.41, 5.74) is 2.89. The third-order valence-corrected chi connectivity index (χ3v) is 13.8. The van der Waals surface area contributed by atoms with Crippen molar-refractivity contribution in [3.05, 3.63) is 82.4 Å². The van der Waals surface area contributed by atoms with Crippen LogP contribution in [0.4, 0.5) is 19.0 Å². The highest BCUT2D eigenvalue weighted by molar-refractivity contribution is 6.04. The maximum Gasteiger partial charge on any atom is 0.420 e. The molecule has 10 rings (SSSR count). The maximum atomic E-state index is 13.6. The van der Waals surface area contributed by atoms with Gasteiger partial charge in [0.15, 0.2) is 17.0 Å². The van der Waals surface area contributed by atoms with E-state index in [0.717, 1.165) is 112 Å². The van der Waals surface area contributed by atoms with Gasteiger partial charge in [0.1, 0.15) is 23.6 Å². The molecule has 0 unspecified atom stereocenters. The number of aryl methyl sites for hydroxylation is 2. The first-order chi connectivity index (χ1) is 33.8. The van der Waals surface area contributed by atoms with Crippen molar-refractivity contribution in [3.8, 4) is 0 Å². The second-order valence-electron chi connectivity index (χ2n) is 19.4. The lowest BCUT2D eigenvalue weighted by atomic mass is 9.93. The average Bonchev–Trinajstić information content (AvgIpc) is 4.11. The first-order valence-corrected chi connectivity index (χ1v) is 26.0. The number of halogens is 3. The Labute approximate surface area is 411 Å². The Balaban J connectivity index is 0.000000190. The number of pyridine rings is 1. The Hall–Kier alpha value is -5.58. The summed E-state index contributed by atoms with van der Waals surface area (Å²) in [4.78, 5) is 55.7. The van der Waals surface area contributed by atoms with Crippen molar-refractivity contribution in [1.82, 2.24) is 49.4 Å².